The van der Waals surface area contributed by atoms with Crippen LogP contribution in [-0.4, -0.2) is 27.8 Å². The lowest BCUT2D eigenvalue weighted by molar-refractivity contribution is -0.00649. The summed E-state index contributed by atoms with van der Waals surface area (Å²) in [6.45, 7) is 0.799. The monoisotopic (exact) mass is 235 g/mol. The van der Waals surface area contributed by atoms with Gasteiger partial charge in [0.2, 0.25) is 0 Å². The molecule has 1 N–H and O–H groups in total. The van der Waals surface area contributed by atoms with Crippen molar-refractivity contribution in [3.05, 3.63) is 34.7 Å². The van der Waals surface area contributed by atoms with E-state index in [4.69, 9.17) is 0 Å². The van der Waals surface area contributed by atoms with Crippen molar-refractivity contribution < 1.29 is 4.48 Å². The van der Waals surface area contributed by atoms with Gasteiger partial charge in [-0.25, -0.2) is 4.79 Å². The van der Waals surface area contributed by atoms with E-state index in [-0.39, 0.29) is 11.7 Å². The zero-order chi connectivity index (χ0) is 11.8. The number of nitrogens with one attached hydrogen (secondary N) is 1. The van der Waals surface area contributed by atoms with E-state index < -0.39 is 0 Å². The summed E-state index contributed by atoms with van der Waals surface area (Å²) in [5, 5.41) is 0.816. The predicted octanol–water partition coefficient (Wildman–Crippen LogP) is 1.85. The highest BCUT2D eigenvalue weighted by Crippen LogP contribution is 2.24. The van der Waals surface area contributed by atoms with Crippen LogP contribution in [0.4, 0.5) is 4.48 Å². The summed E-state index contributed by atoms with van der Waals surface area (Å²) in [7, 11) is 0. The molecule has 1 aliphatic heterocycles. The van der Waals surface area contributed by atoms with E-state index in [1.54, 1.807) is 4.57 Å². The van der Waals surface area contributed by atoms with Crippen molar-refractivity contribution in [3.8, 4) is 0 Å². The van der Waals surface area contributed by atoms with E-state index in [2.05, 4.69) is 4.98 Å². The minimum Gasteiger partial charge on any atom is -0.306 e. The second kappa shape index (κ2) is 4.00. The molecule has 0 amide bonds. The maximum atomic E-state index is 13.0. The number of halogens is 1. The van der Waals surface area contributed by atoms with Gasteiger partial charge < -0.3 is 4.98 Å². The summed E-state index contributed by atoms with van der Waals surface area (Å²) in [5.41, 5.74) is 1.67. The van der Waals surface area contributed by atoms with Gasteiger partial charge in [-0.2, -0.15) is 0 Å². The number of nitrogens with zero attached hydrogens (tertiary/aromatic N) is 2. The van der Waals surface area contributed by atoms with Gasteiger partial charge in [-0.05, 0) is 25.0 Å². The number of imidazole rings is 1. The smallest absolute Gasteiger partial charge is 0.306 e. The van der Waals surface area contributed by atoms with E-state index in [9.17, 15) is 9.28 Å². The Morgan fingerprint density at radius 2 is 1.94 bits per heavy atom. The Hall–Kier alpha value is -1.62. The van der Waals surface area contributed by atoms with Gasteiger partial charge in [0, 0.05) is 19.1 Å². The molecule has 0 aliphatic carbocycles. The molecule has 1 aliphatic rings. The number of hydrogen-bond donors (Lipinski definition) is 1. The third-order valence-electron chi connectivity index (χ3n) is 3.40. The number of hydrogen-bond acceptors (Lipinski definition) is 2. The summed E-state index contributed by atoms with van der Waals surface area (Å²) in [6.07, 6.45) is 1.36. The molecule has 3 rings (SSSR count). The van der Waals surface area contributed by atoms with Gasteiger partial charge >= 0.3 is 5.69 Å². The van der Waals surface area contributed by atoms with Gasteiger partial charge in [0.1, 0.15) is 0 Å². The van der Waals surface area contributed by atoms with Crippen molar-refractivity contribution in [2.24, 2.45) is 0 Å². The molecule has 0 bridgehead atoms. The Balaban J connectivity index is 2.05. The van der Waals surface area contributed by atoms with Gasteiger partial charge in [0.25, 0.3) is 0 Å². The van der Waals surface area contributed by atoms with E-state index in [0.29, 0.717) is 25.9 Å². The lowest BCUT2D eigenvalue weighted by Crippen LogP contribution is -2.32. The first-order chi connectivity index (χ1) is 8.25. The van der Waals surface area contributed by atoms with Crippen LogP contribution in [-0.2, 0) is 0 Å². The molecule has 1 saturated heterocycles. The third kappa shape index (κ3) is 1.76. The summed E-state index contributed by atoms with van der Waals surface area (Å²) < 4.78 is 14.7. The van der Waals surface area contributed by atoms with E-state index in [1.165, 1.54) is 0 Å². The molecule has 2 heterocycles. The van der Waals surface area contributed by atoms with E-state index in [1.807, 2.05) is 24.3 Å². The maximum absolute atomic E-state index is 13.0. The second-order valence-corrected chi connectivity index (χ2v) is 4.46. The highest BCUT2D eigenvalue weighted by Gasteiger charge is 2.23. The molecular formula is C12H14FN3O. The fourth-order valence-corrected chi connectivity index (χ4v) is 2.53. The molecule has 0 radical (unpaired) electrons. The standard InChI is InChI=1S/C12H14FN3O/c13-15-7-5-9(6-8-15)16-11-4-2-1-3-10(11)14-12(16)17/h1-4,9H,5-8H2,(H,14,17). The molecule has 17 heavy (non-hydrogen) atoms. The minimum absolute atomic E-state index is 0.0940. The number of para-hydroxylation sites is 2. The lowest BCUT2D eigenvalue weighted by atomic mass is 10.1. The Labute approximate surface area is 97.6 Å². The number of aromatic nitrogens is 2. The fourth-order valence-electron chi connectivity index (χ4n) is 2.53. The van der Waals surface area contributed by atoms with Crippen molar-refractivity contribution in [1.82, 2.24) is 14.7 Å². The molecule has 1 fully saturated rings. The van der Waals surface area contributed by atoms with Gasteiger partial charge in [0.15, 0.2) is 0 Å². The molecule has 0 atom stereocenters. The average molecular weight is 235 g/mol. The van der Waals surface area contributed by atoms with Crippen LogP contribution in [0.2, 0.25) is 0 Å². The Morgan fingerprint density at radius 1 is 1.24 bits per heavy atom. The average Bonchev–Trinajstić information content (AvgIpc) is 2.66. The summed E-state index contributed by atoms with van der Waals surface area (Å²) in [6, 6.07) is 7.72. The number of fused-ring (bicyclic) bond motifs is 1. The number of piperidine rings is 1. The maximum Gasteiger partial charge on any atom is 0.326 e. The predicted molar refractivity (Wildman–Crippen MR) is 63.5 cm³/mol. The van der Waals surface area contributed by atoms with Crippen LogP contribution in [0.15, 0.2) is 29.1 Å². The first kappa shape index (κ1) is 10.5. The Bertz CT molecular complexity index is 581. The van der Waals surface area contributed by atoms with Crippen LogP contribution in [0.25, 0.3) is 11.0 Å². The molecule has 0 unspecified atom stereocenters. The first-order valence-corrected chi connectivity index (χ1v) is 5.85. The second-order valence-electron chi connectivity index (χ2n) is 4.46. The van der Waals surface area contributed by atoms with Gasteiger partial charge in [-0.1, -0.05) is 12.1 Å². The lowest BCUT2D eigenvalue weighted by Gasteiger charge is -2.26. The normalized spacial score (nSPS) is 18.9. The van der Waals surface area contributed by atoms with E-state index >= 15 is 0 Å². The fraction of sp³-hybridized carbons (Fsp3) is 0.417. The molecule has 5 heteroatoms. The quantitative estimate of drug-likeness (QED) is 0.766. The van der Waals surface area contributed by atoms with Crippen LogP contribution in [0.3, 0.4) is 0 Å². The number of rotatable bonds is 1. The van der Waals surface area contributed by atoms with Crippen LogP contribution in [0, 0.1) is 0 Å². The number of aromatic amines is 1. The van der Waals surface area contributed by atoms with Crippen molar-refractivity contribution in [1.29, 1.82) is 0 Å². The van der Waals surface area contributed by atoms with Gasteiger partial charge in [0.05, 0.1) is 11.0 Å². The van der Waals surface area contributed by atoms with Crippen LogP contribution >= 0.6 is 0 Å². The topological polar surface area (TPSA) is 41.0 Å². The van der Waals surface area contributed by atoms with Crippen LogP contribution < -0.4 is 5.69 Å². The molecule has 4 nitrogen and oxygen atoms in total. The van der Waals surface area contributed by atoms with Crippen LogP contribution in [0.1, 0.15) is 18.9 Å². The first-order valence-electron chi connectivity index (χ1n) is 5.85. The van der Waals surface area contributed by atoms with Gasteiger partial charge in [-0.3, -0.25) is 4.57 Å². The largest absolute Gasteiger partial charge is 0.326 e. The Morgan fingerprint density at radius 3 is 2.71 bits per heavy atom. The molecule has 1 aromatic heterocycles. The highest BCUT2D eigenvalue weighted by molar-refractivity contribution is 5.75. The SMILES string of the molecule is O=c1[nH]c2ccccc2n1C1CCN(F)CC1. The molecule has 2 aromatic rings. The van der Waals surface area contributed by atoms with E-state index in [0.717, 1.165) is 16.2 Å². The molecule has 90 valence electrons. The number of H-pyrrole nitrogens is 1. The Kier molecular flexibility index (Phi) is 2.48. The van der Waals surface area contributed by atoms with Crippen molar-refractivity contribution in [2.75, 3.05) is 13.1 Å². The molecule has 0 saturated carbocycles. The zero-order valence-electron chi connectivity index (χ0n) is 9.40. The molecule has 0 spiro atoms. The molecule has 1 aromatic carbocycles. The minimum atomic E-state index is -0.0940. The third-order valence-corrected chi connectivity index (χ3v) is 3.40. The van der Waals surface area contributed by atoms with Crippen molar-refractivity contribution in [3.63, 3.8) is 0 Å². The highest BCUT2D eigenvalue weighted by atomic mass is 19.2. The number of benzene rings is 1. The van der Waals surface area contributed by atoms with Crippen LogP contribution in [0.5, 0.6) is 0 Å². The molecular weight excluding hydrogens is 221 g/mol. The zero-order valence-corrected chi connectivity index (χ0v) is 9.40. The van der Waals surface area contributed by atoms with Gasteiger partial charge in [-0.15, -0.1) is 9.60 Å². The summed E-state index contributed by atoms with van der Waals surface area (Å²) in [5.74, 6) is 0. The van der Waals surface area contributed by atoms with Crippen molar-refractivity contribution in [2.45, 2.75) is 18.9 Å². The summed E-state index contributed by atoms with van der Waals surface area (Å²) >= 11 is 0. The van der Waals surface area contributed by atoms with Crippen molar-refractivity contribution >= 4 is 11.0 Å². The summed E-state index contributed by atoms with van der Waals surface area (Å²) in [4.78, 5) is 14.8.